The average molecular weight is 243 g/mol. The van der Waals surface area contributed by atoms with Gasteiger partial charge in [-0.2, -0.15) is 11.8 Å². The van der Waals surface area contributed by atoms with E-state index in [0.29, 0.717) is 19.5 Å². The number of imide groups is 1. The summed E-state index contributed by atoms with van der Waals surface area (Å²) in [5, 5.41) is 5.95. The van der Waals surface area contributed by atoms with Gasteiger partial charge in [0, 0.05) is 18.8 Å². The van der Waals surface area contributed by atoms with Crippen molar-refractivity contribution in [3.05, 3.63) is 0 Å². The summed E-state index contributed by atoms with van der Waals surface area (Å²) in [7, 11) is 0. The maximum Gasteiger partial charge on any atom is 0.325 e. The summed E-state index contributed by atoms with van der Waals surface area (Å²) >= 11 is 1.74. The summed E-state index contributed by atoms with van der Waals surface area (Å²) in [6.07, 6.45) is 0.703. The third-order valence-corrected chi connectivity index (χ3v) is 3.94. The van der Waals surface area contributed by atoms with Gasteiger partial charge in [-0.05, 0) is 18.7 Å². The molecule has 16 heavy (non-hydrogen) atoms. The van der Waals surface area contributed by atoms with Crippen molar-refractivity contribution >= 4 is 23.7 Å². The standard InChI is InChI=1S/C10H17N3O2S/c1-2-16-6-5-13-8(14)10(12-9(13)15)3-4-11-7-10/h11H,2-7H2,1H3,(H,12,15). The van der Waals surface area contributed by atoms with E-state index in [-0.39, 0.29) is 11.9 Å². The van der Waals surface area contributed by atoms with Crippen LogP contribution in [-0.2, 0) is 4.79 Å². The van der Waals surface area contributed by atoms with E-state index in [1.54, 1.807) is 11.8 Å². The first-order valence-electron chi connectivity index (χ1n) is 5.62. The smallest absolute Gasteiger partial charge is 0.322 e. The second kappa shape index (κ2) is 4.63. The first kappa shape index (κ1) is 11.7. The fraction of sp³-hybridized carbons (Fsp3) is 0.800. The third-order valence-electron chi connectivity index (χ3n) is 3.06. The number of carbonyl (C=O) groups excluding carboxylic acids is 2. The van der Waals surface area contributed by atoms with Crippen molar-refractivity contribution in [1.29, 1.82) is 0 Å². The molecule has 0 aliphatic carbocycles. The molecule has 0 saturated carbocycles. The van der Waals surface area contributed by atoms with Gasteiger partial charge in [-0.3, -0.25) is 9.69 Å². The van der Waals surface area contributed by atoms with Gasteiger partial charge in [0.15, 0.2) is 0 Å². The van der Waals surface area contributed by atoms with Gasteiger partial charge in [0.1, 0.15) is 5.54 Å². The van der Waals surface area contributed by atoms with Gasteiger partial charge in [0.05, 0.1) is 0 Å². The van der Waals surface area contributed by atoms with Crippen molar-refractivity contribution in [3.8, 4) is 0 Å². The van der Waals surface area contributed by atoms with Crippen LogP contribution in [0.2, 0.25) is 0 Å². The Morgan fingerprint density at radius 1 is 1.50 bits per heavy atom. The van der Waals surface area contributed by atoms with E-state index in [1.807, 2.05) is 0 Å². The number of rotatable bonds is 4. The van der Waals surface area contributed by atoms with Crippen molar-refractivity contribution in [3.63, 3.8) is 0 Å². The molecule has 1 atom stereocenters. The number of amides is 3. The van der Waals surface area contributed by atoms with Crippen molar-refractivity contribution in [2.24, 2.45) is 0 Å². The molecular formula is C10H17N3O2S. The highest BCUT2D eigenvalue weighted by Gasteiger charge is 2.52. The Hall–Kier alpha value is -0.750. The molecule has 2 rings (SSSR count). The number of hydrogen-bond acceptors (Lipinski definition) is 4. The molecule has 1 spiro atoms. The van der Waals surface area contributed by atoms with Crippen LogP contribution in [0.15, 0.2) is 0 Å². The normalized spacial score (nSPS) is 29.2. The Kier molecular flexibility index (Phi) is 3.39. The number of carbonyl (C=O) groups is 2. The summed E-state index contributed by atoms with van der Waals surface area (Å²) < 4.78 is 0. The first-order valence-corrected chi connectivity index (χ1v) is 6.78. The molecule has 0 bridgehead atoms. The largest absolute Gasteiger partial charge is 0.325 e. The van der Waals surface area contributed by atoms with Crippen molar-refractivity contribution < 1.29 is 9.59 Å². The highest BCUT2D eigenvalue weighted by Crippen LogP contribution is 2.24. The maximum absolute atomic E-state index is 12.1. The lowest BCUT2D eigenvalue weighted by Gasteiger charge is -2.19. The zero-order valence-electron chi connectivity index (χ0n) is 9.41. The molecule has 2 aliphatic heterocycles. The van der Waals surface area contributed by atoms with E-state index < -0.39 is 5.54 Å². The van der Waals surface area contributed by atoms with Crippen LogP contribution in [-0.4, -0.2) is 53.5 Å². The summed E-state index contributed by atoms with van der Waals surface area (Å²) in [6.45, 7) is 3.95. The first-order chi connectivity index (χ1) is 7.69. The van der Waals surface area contributed by atoms with Gasteiger partial charge in [-0.25, -0.2) is 4.79 Å². The van der Waals surface area contributed by atoms with Gasteiger partial charge >= 0.3 is 6.03 Å². The van der Waals surface area contributed by atoms with Gasteiger partial charge in [0.25, 0.3) is 5.91 Å². The van der Waals surface area contributed by atoms with E-state index in [0.717, 1.165) is 18.1 Å². The number of nitrogens with zero attached hydrogens (tertiary/aromatic N) is 1. The maximum atomic E-state index is 12.1. The van der Waals surface area contributed by atoms with E-state index in [9.17, 15) is 9.59 Å². The lowest BCUT2D eigenvalue weighted by molar-refractivity contribution is -0.130. The zero-order chi connectivity index (χ0) is 11.6. The molecule has 90 valence electrons. The molecule has 2 aliphatic rings. The van der Waals surface area contributed by atoms with Gasteiger partial charge < -0.3 is 10.6 Å². The second-order valence-corrected chi connectivity index (χ2v) is 5.49. The van der Waals surface area contributed by atoms with Gasteiger partial charge in [0.2, 0.25) is 0 Å². The lowest BCUT2D eigenvalue weighted by atomic mass is 9.99. The minimum Gasteiger partial charge on any atom is -0.322 e. The summed E-state index contributed by atoms with van der Waals surface area (Å²) in [5.74, 6) is 1.77. The fourth-order valence-electron chi connectivity index (χ4n) is 2.16. The molecule has 2 saturated heterocycles. The predicted molar refractivity (Wildman–Crippen MR) is 63.5 cm³/mol. The Bertz CT molecular complexity index is 302. The monoisotopic (exact) mass is 243 g/mol. The van der Waals surface area contributed by atoms with Crippen LogP contribution in [0.5, 0.6) is 0 Å². The van der Waals surface area contributed by atoms with Crippen LogP contribution in [0.25, 0.3) is 0 Å². The van der Waals surface area contributed by atoms with Crippen LogP contribution in [0.4, 0.5) is 4.79 Å². The fourth-order valence-corrected chi connectivity index (χ4v) is 2.76. The molecule has 3 amide bonds. The van der Waals surface area contributed by atoms with Crippen molar-refractivity contribution in [2.45, 2.75) is 18.9 Å². The lowest BCUT2D eigenvalue weighted by Crippen LogP contribution is -2.48. The summed E-state index contributed by atoms with van der Waals surface area (Å²) in [6, 6.07) is -0.231. The number of nitrogens with one attached hydrogen (secondary N) is 2. The molecule has 0 aromatic rings. The van der Waals surface area contributed by atoms with Gasteiger partial charge in [-0.15, -0.1) is 0 Å². The molecular weight excluding hydrogens is 226 g/mol. The van der Waals surface area contributed by atoms with Crippen molar-refractivity contribution in [1.82, 2.24) is 15.5 Å². The van der Waals surface area contributed by atoms with E-state index in [1.165, 1.54) is 4.90 Å². The quantitative estimate of drug-likeness (QED) is 0.540. The Morgan fingerprint density at radius 2 is 2.31 bits per heavy atom. The summed E-state index contributed by atoms with van der Waals surface area (Å²) in [4.78, 5) is 25.2. The highest BCUT2D eigenvalue weighted by atomic mass is 32.2. The molecule has 2 N–H and O–H groups in total. The second-order valence-electron chi connectivity index (χ2n) is 4.09. The molecule has 0 aromatic carbocycles. The van der Waals surface area contributed by atoms with E-state index >= 15 is 0 Å². The van der Waals surface area contributed by atoms with E-state index in [2.05, 4.69) is 17.6 Å². The van der Waals surface area contributed by atoms with Gasteiger partial charge in [-0.1, -0.05) is 6.92 Å². The van der Waals surface area contributed by atoms with Crippen LogP contribution in [0, 0.1) is 0 Å². The predicted octanol–water partition coefficient (Wildman–Crippen LogP) is 0.0234. The number of urea groups is 1. The highest BCUT2D eigenvalue weighted by molar-refractivity contribution is 7.99. The minimum absolute atomic E-state index is 0.0563. The Morgan fingerprint density at radius 3 is 2.94 bits per heavy atom. The number of hydrogen-bond donors (Lipinski definition) is 2. The van der Waals surface area contributed by atoms with Crippen LogP contribution in [0.1, 0.15) is 13.3 Å². The molecule has 6 heteroatoms. The molecule has 2 fully saturated rings. The Labute approximate surface area is 99.3 Å². The Balaban J connectivity index is 1.99. The zero-order valence-corrected chi connectivity index (χ0v) is 10.2. The van der Waals surface area contributed by atoms with Crippen LogP contribution in [0.3, 0.4) is 0 Å². The summed E-state index contributed by atoms with van der Waals surface area (Å²) in [5.41, 5.74) is -0.645. The molecule has 0 aromatic heterocycles. The minimum atomic E-state index is -0.645. The van der Waals surface area contributed by atoms with Crippen LogP contribution < -0.4 is 10.6 Å². The third kappa shape index (κ3) is 1.91. The number of thioether (sulfide) groups is 1. The molecule has 2 heterocycles. The van der Waals surface area contributed by atoms with Crippen molar-refractivity contribution in [2.75, 3.05) is 31.1 Å². The van der Waals surface area contributed by atoms with E-state index in [4.69, 9.17) is 0 Å². The average Bonchev–Trinajstić information content (AvgIpc) is 2.80. The molecule has 5 nitrogen and oxygen atoms in total. The topological polar surface area (TPSA) is 61.4 Å². The SMILES string of the molecule is CCSCCN1C(=O)NC2(CCNC2)C1=O. The molecule has 1 unspecified atom stereocenters. The molecule has 0 radical (unpaired) electrons. The van der Waals surface area contributed by atoms with Crippen LogP contribution >= 0.6 is 11.8 Å².